The Labute approximate surface area is 146 Å². The summed E-state index contributed by atoms with van der Waals surface area (Å²) in [6.07, 6.45) is 0. The van der Waals surface area contributed by atoms with Crippen molar-refractivity contribution in [3.05, 3.63) is 41.5 Å². The number of aryl methyl sites for hydroxylation is 1. The van der Waals surface area contributed by atoms with E-state index in [1.165, 1.54) is 0 Å². The van der Waals surface area contributed by atoms with Crippen LogP contribution in [0.5, 0.6) is 5.75 Å². The van der Waals surface area contributed by atoms with Crippen LogP contribution < -0.4 is 4.74 Å². The Morgan fingerprint density at radius 1 is 1.24 bits per heavy atom. The molecule has 1 saturated heterocycles. The van der Waals surface area contributed by atoms with E-state index in [0.717, 1.165) is 13.1 Å². The van der Waals surface area contributed by atoms with Gasteiger partial charge in [0.15, 0.2) is 6.61 Å². The van der Waals surface area contributed by atoms with E-state index in [1.807, 2.05) is 4.90 Å². The van der Waals surface area contributed by atoms with Crippen molar-refractivity contribution in [3.63, 3.8) is 0 Å². The Kier molecular flexibility index (Phi) is 5.62. The summed E-state index contributed by atoms with van der Waals surface area (Å²) in [5.41, 5.74) is 0.637. The second-order valence-electron chi connectivity index (χ2n) is 5.90. The minimum Gasteiger partial charge on any atom is -0.485 e. The summed E-state index contributed by atoms with van der Waals surface area (Å²) in [4.78, 5) is 20.6. The van der Waals surface area contributed by atoms with Crippen molar-refractivity contribution >= 4 is 5.91 Å². The minimum absolute atomic E-state index is 0.0176. The summed E-state index contributed by atoms with van der Waals surface area (Å²) in [5, 5.41) is 12.7. The van der Waals surface area contributed by atoms with E-state index < -0.39 is 0 Å². The number of benzene rings is 1. The van der Waals surface area contributed by atoms with Crippen LogP contribution in [0, 0.1) is 6.92 Å². The van der Waals surface area contributed by atoms with Crippen molar-refractivity contribution in [2.24, 2.45) is 0 Å². The van der Waals surface area contributed by atoms with Crippen LogP contribution in [0.2, 0.25) is 0 Å². The maximum atomic E-state index is 12.5. The molecular formula is C17H22N4O4. The van der Waals surface area contributed by atoms with E-state index >= 15 is 0 Å². The molecule has 3 rings (SSSR count). The van der Waals surface area contributed by atoms with Gasteiger partial charge in [-0.2, -0.15) is 4.98 Å². The molecule has 1 aromatic carbocycles. The molecule has 0 atom stereocenters. The third-order valence-electron chi connectivity index (χ3n) is 4.11. The second kappa shape index (κ2) is 8.09. The molecule has 1 fully saturated rings. The van der Waals surface area contributed by atoms with Gasteiger partial charge in [0.05, 0.1) is 6.61 Å². The molecule has 0 radical (unpaired) electrons. The monoisotopic (exact) mass is 346 g/mol. The number of amides is 1. The fourth-order valence-corrected chi connectivity index (χ4v) is 2.74. The largest absolute Gasteiger partial charge is 0.485 e. The van der Waals surface area contributed by atoms with E-state index in [4.69, 9.17) is 14.4 Å². The van der Waals surface area contributed by atoms with Crippen LogP contribution in [0.25, 0.3) is 0 Å². The van der Waals surface area contributed by atoms with Gasteiger partial charge in [0.2, 0.25) is 11.7 Å². The van der Waals surface area contributed by atoms with Gasteiger partial charge in [0, 0.05) is 45.2 Å². The lowest BCUT2D eigenvalue weighted by Crippen LogP contribution is -2.49. The fraction of sp³-hybridized carbons (Fsp3) is 0.471. The van der Waals surface area contributed by atoms with E-state index in [1.54, 1.807) is 31.2 Å². The predicted octanol–water partition coefficient (Wildman–Crippen LogP) is 0.707. The number of aliphatic hydroxyl groups is 1. The Balaban J connectivity index is 1.52. The number of nitrogens with zero attached hydrogens (tertiary/aromatic N) is 4. The normalized spacial score (nSPS) is 15.4. The van der Waals surface area contributed by atoms with Crippen LogP contribution in [0.4, 0.5) is 0 Å². The number of carbonyl (C=O) groups is 1. The van der Waals surface area contributed by atoms with Crippen LogP contribution in [0.1, 0.15) is 22.1 Å². The molecule has 2 aromatic rings. The lowest BCUT2D eigenvalue weighted by molar-refractivity contribution is 0.0615. The molecule has 1 N–H and O–H groups in total. The summed E-state index contributed by atoms with van der Waals surface area (Å²) in [6.45, 7) is 5.68. The Hall–Kier alpha value is -2.45. The van der Waals surface area contributed by atoms with Gasteiger partial charge < -0.3 is 19.3 Å². The van der Waals surface area contributed by atoms with Crippen LogP contribution in [0.3, 0.4) is 0 Å². The topological polar surface area (TPSA) is 91.9 Å². The molecule has 1 aromatic heterocycles. The lowest BCUT2D eigenvalue weighted by Gasteiger charge is -2.34. The number of hydrogen-bond donors (Lipinski definition) is 1. The molecule has 1 amide bonds. The van der Waals surface area contributed by atoms with Gasteiger partial charge >= 0.3 is 0 Å². The molecule has 2 heterocycles. The number of hydrogen-bond acceptors (Lipinski definition) is 7. The smallest absolute Gasteiger partial charge is 0.253 e. The molecule has 8 heteroatoms. The fourth-order valence-electron chi connectivity index (χ4n) is 2.74. The standard InChI is InChI=1S/C17H22N4O4/c1-13-18-16(19-25-13)12-24-15-4-2-14(3-5-15)17(23)21-8-6-20(7-9-21)10-11-22/h2-5,22H,6-12H2,1H3. The molecule has 25 heavy (non-hydrogen) atoms. The summed E-state index contributed by atoms with van der Waals surface area (Å²) in [6, 6.07) is 7.06. The highest BCUT2D eigenvalue weighted by Gasteiger charge is 2.21. The number of rotatable bonds is 6. The average Bonchev–Trinajstić information content (AvgIpc) is 3.06. The van der Waals surface area contributed by atoms with Gasteiger partial charge in [-0.05, 0) is 24.3 Å². The summed E-state index contributed by atoms with van der Waals surface area (Å²) >= 11 is 0. The summed E-state index contributed by atoms with van der Waals surface area (Å²) < 4.78 is 10.5. The molecule has 1 aliphatic rings. The first-order chi connectivity index (χ1) is 12.2. The van der Waals surface area contributed by atoms with Crippen molar-refractivity contribution in [2.45, 2.75) is 13.5 Å². The molecule has 0 bridgehead atoms. The molecule has 134 valence electrons. The van der Waals surface area contributed by atoms with Crippen molar-refractivity contribution in [3.8, 4) is 5.75 Å². The number of aromatic nitrogens is 2. The highest BCUT2D eigenvalue weighted by molar-refractivity contribution is 5.94. The van der Waals surface area contributed by atoms with E-state index in [-0.39, 0.29) is 19.1 Å². The first-order valence-electron chi connectivity index (χ1n) is 8.30. The third-order valence-corrected chi connectivity index (χ3v) is 4.11. The first kappa shape index (κ1) is 17.4. The van der Waals surface area contributed by atoms with Crippen molar-refractivity contribution in [1.29, 1.82) is 0 Å². The second-order valence-corrected chi connectivity index (χ2v) is 5.90. The first-order valence-corrected chi connectivity index (χ1v) is 8.30. The van der Waals surface area contributed by atoms with E-state index in [2.05, 4.69) is 15.0 Å². The summed E-state index contributed by atoms with van der Waals surface area (Å²) in [5.74, 6) is 1.65. The lowest BCUT2D eigenvalue weighted by atomic mass is 10.1. The number of ether oxygens (including phenoxy) is 1. The number of β-amino-alcohol motifs (C(OH)–C–C–N with tert-alkyl or cyclic N) is 1. The van der Waals surface area contributed by atoms with Gasteiger partial charge in [0.25, 0.3) is 5.91 Å². The van der Waals surface area contributed by atoms with Gasteiger partial charge in [-0.3, -0.25) is 9.69 Å². The van der Waals surface area contributed by atoms with Gasteiger partial charge in [-0.1, -0.05) is 5.16 Å². The Morgan fingerprint density at radius 3 is 2.56 bits per heavy atom. The van der Waals surface area contributed by atoms with Gasteiger partial charge in [-0.25, -0.2) is 0 Å². The zero-order chi connectivity index (χ0) is 17.6. The van der Waals surface area contributed by atoms with Gasteiger partial charge in [0.1, 0.15) is 5.75 Å². The molecule has 0 unspecified atom stereocenters. The SMILES string of the molecule is Cc1nc(COc2ccc(C(=O)N3CCN(CCO)CC3)cc2)no1. The molecule has 8 nitrogen and oxygen atoms in total. The van der Waals surface area contributed by atoms with Gasteiger partial charge in [-0.15, -0.1) is 0 Å². The number of aliphatic hydroxyl groups excluding tert-OH is 1. The van der Waals surface area contributed by atoms with Crippen LogP contribution >= 0.6 is 0 Å². The van der Waals surface area contributed by atoms with Crippen molar-refractivity contribution in [1.82, 2.24) is 19.9 Å². The molecular weight excluding hydrogens is 324 g/mol. The average molecular weight is 346 g/mol. The minimum atomic E-state index is 0.0176. The van der Waals surface area contributed by atoms with E-state index in [9.17, 15) is 4.79 Å². The highest BCUT2D eigenvalue weighted by atomic mass is 16.5. The van der Waals surface area contributed by atoms with Crippen LogP contribution in [-0.4, -0.2) is 70.3 Å². The van der Waals surface area contributed by atoms with Crippen LogP contribution in [0.15, 0.2) is 28.8 Å². The van der Waals surface area contributed by atoms with Crippen LogP contribution in [-0.2, 0) is 6.61 Å². The van der Waals surface area contributed by atoms with E-state index in [0.29, 0.717) is 42.7 Å². The highest BCUT2D eigenvalue weighted by Crippen LogP contribution is 2.16. The zero-order valence-electron chi connectivity index (χ0n) is 14.2. The number of carbonyl (C=O) groups excluding carboxylic acids is 1. The maximum Gasteiger partial charge on any atom is 0.253 e. The number of piperazine rings is 1. The zero-order valence-corrected chi connectivity index (χ0v) is 14.2. The third kappa shape index (κ3) is 4.55. The Bertz CT molecular complexity index is 693. The molecule has 0 saturated carbocycles. The quantitative estimate of drug-likeness (QED) is 0.823. The molecule has 1 aliphatic heterocycles. The Morgan fingerprint density at radius 2 is 1.96 bits per heavy atom. The predicted molar refractivity (Wildman–Crippen MR) is 89.2 cm³/mol. The maximum absolute atomic E-state index is 12.5. The van der Waals surface area contributed by atoms with Crippen molar-refractivity contribution in [2.75, 3.05) is 39.3 Å². The molecule has 0 aliphatic carbocycles. The molecule has 0 spiro atoms. The summed E-state index contributed by atoms with van der Waals surface area (Å²) in [7, 11) is 0. The van der Waals surface area contributed by atoms with Crippen molar-refractivity contribution < 1.29 is 19.2 Å².